The van der Waals surface area contributed by atoms with Gasteiger partial charge in [-0.3, -0.25) is 4.79 Å². The molecule has 0 radical (unpaired) electrons. The predicted octanol–water partition coefficient (Wildman–Crippen LogP) is 3.89. The Bertz CT molecular complexity index is 562. The number of hydrogen-bond donors (Lipinski definition) is 2. The number of halogens is 1. The average Bonchev–Trinajstić information content (AvgIpc) is 2.95. The molecule has 1 saturated heterocycles. The molecule has 27 heavy (non-hydrogen) atoms. The molecule has 1 amide bonds. The number of nitrogens with one attached hydrogen (secondary N) is 2. The van der Waals surface area contributed by atoms with E-state index in [9.17, 15) is 4.79 Å². The molecule has 1 aliphatic carbocycles. The molecule has 1 aromatic rings. The number of carbonyl (C=O) groups is 1. The van der Waals surface area contributed by atoms with E-state index in [-0.39, 0.29) is 18.3 Å². The number of aryl methyl sites for hydroxylation is 1. The van der Waals surface area contributed by atoms with Crippen LogP contribution >= 0.6 is 12.4 Å². The van der Waals surface area contributed by atoms with Gasteiger partial charge in [0.2, 0.25) is 5.91 Å². The second-order valence-electron chi connectivity index (χ2n) is 7.96. The topological polar surface area (TPSA) is 50.4 Å². The van der Waals surface area contributed by atoms with Crippen molar-refractivity contribution in [2.24, 2.45) is 0 Å². The summed E-state index contributed by atoms with van der Waals surface area (Å²) < 4.78 is 5.54. The monoisotopic (exact) mass is 394 g/mol. The van der Waals surface area contributed by atoms with Gasteiger partial charge in [0.15, 0.2) is 0 Å². The third-order valence-corrected chi connectivity index (χ3v) is 6.08. The highest BCUT2D eigenvalue weighted by atomic mass is 35.5. The fraction of sp³-hybridized carbons (Fsp3) is 0.682. The first-order chi connectivity index (χ1) is 12.7. The Morgan fingerprint density at radius 1 is 1.04 bits per heavy atom. The van der Waals surface area contributed by atoms with Gasteiger partial charge in [0.05, 0.1) is 5.41 Å². The van der Waals surface area contributed by atoms with Gasteiger partial charge in [0.1, 0.15) is 0 Å². The quantitative estimate of drug-likeness (QED) is 0.568. The molecule has 1 heterocycles. The van der Waals surface area contributed by atoms with Crippen LogP contribution in [0, 0.1) is 6.92 Å². The van der Waals surface area contributed by atoms with Crippen LogP contribution in [0.25, 0.3) is 0 Å². The highest BCUT2D eigenvalue weighted by Crippen LogP contribution is 2.35. The summed E-state index contributed by atoms with van der Waals surface area (Å²) in [5.41, 5.74) is 1.92. The Hall–Kier alpha value is -1.10. The Balaban J connectivity index is 0.00000261. The smallest absolute Gasteiger partial charge is 0.230 e. The third-order valence-electron chi connectivity index (χ3n) is 6.08. The fourth-order valence-electron chi connectivity index (χ4n) is 4.34. The summed E-state index contributed by atoms with van der Waals surface area (Å²) in [6.07, 6.45) is 9.49. The molecule has 1 saturated carbocycles. The fourth-order valence-corrected chi connectivity index (χ4v) is 4.34. The van der Waals surface area contributed by atoms with E-state index in [0.717, 1.165) is 24.9 Å². The summed E-state index contributed by atoms with van der Waals surface area (Å²) in [5.74, 6) is 0.160. The molecule has 0 bridgehead atoms. The number of rotatable bonds is 6. The van der Waals surface area contributed by atoms with E-state index >= 15 is 0 Å². The minimum absolute atomic E-state index is 0. The molecule has 0 unspecified atom stereocenters. The van der Waals surface area contributed by atoms with Crippen molar-refractivity contribution in [1.82, 2.24) is 10.6 Å². The molecule has 4 nitrogen and oxygen atoms in total. The van der Waals surface area contributed by atoms with Crippen LogP contribution in [0.5, 0.6) is 0 Å². The molecule has 2 aliphatic rings. The summed E-state index contributed by atoms with van der Waals surface area (Å²) in [6, 6.07) is 9.07. The second kappa shape index (κ2) is 11.0. The first-order valence-electron chi connectivity index (χ1n) is 10.4. The van der Waals surface area contributed by atoms with E-state index in [0.29, 0.717) is 25.8 Å². The molecule has 0 atom stereocenters. The zero-order valence-electron chi connectivity index (χ0n) is 16.6. The molecule has 2 N–H and O–H groups in total. The van der Waals surface area contributed by atoms with Crippen molar-refractivity contribution in [3.63, 3.8) is 0 Å². The minimum Gasteiger partial charge on any atom is -0.381 e. The van der Waals surface area contributed by atoms with Crippen LogP contribution in [0.4, 0.5) is 0 Å². The lowest BCUT2D eigenvalue weighted by atomic mass is 9.73. The van der Waals surface area contributed by atoms with Crippen molar-refractivity contribution in [3.05, 3.63) is 35.4 Å². The van der Waals surface area contributed by atoms with Gasteiger partial charge in [-0.1, -0.05) is 55.5 Å². The molecule has 5 heteroatoms. The number of hydrogen-bond acceptors (Lipinski definition) is 3. The van der Waals surface area contributed by atoms with Crippen LogP contribution in [0.2, 0.25) is 0 Å². The van der Waals surface area contributed by atoms with Crippen molar-refractivity contribution in [1.29, 1.82) is 0 Å². The summed E-state index contributed by atoms with van der Waals surface area (Å²) in [6.45, 7) is 4.95. The van der Waals surface area contributed by atoms with Crippen LogP contribution in [-0.4, -0.2) is 38.3 Å². The Labute approximate surface area is 170 Å². The molecular weight excluding hydrogens is 360 g/mol. The van der Waals surface area contributed by atoms with Gasteiger partial charge in [-0.05, 0) is 38.2 Å². The zero-order chi connectivity index (χ0) is 18.2. The van der Waals surface area contributed by atoms with Crippen molar-refractivity contribution >= 4 is 18.3 Å². The van der Waals surface area contributed by atoms with Gasteiger partial charge in [-0.2, -0.15) is 0 Å². The molecular formula is C22H35ClN2O2. The first kappa shape index (κ1) is 22.2. The van der Waals surface area contributed by atoms with Gasteiger partial charge < -0.3 is 15.4 Å². The molecule has 3 rings (SSSR count). The van der Waals surface area contributed by atoms with Gasteiger partial charge in [0, 0.05) is 32.3 Å². The van der Waals surface area contributed by atoms with E-state index in [4.69, 9.17) is 4.74 Å². The van der Waals surface area contributed by atoms with E-state index in [1.54, 1.807) is 0 Å². The molecule has 152 valence electrons. The molecule has 1 aromatic carbocycles. The van der Waals surface area contributed by atoms with E-state index in [2.05, 4.69) is 41.8 Å². The normalized spacial score (nSPS) is 20.3. The van der Waals surface area contributed by atoms with E-state index in [1.807, 2.05) is 0 Å². The van der Waals surface area contributed by atoms with Crippen LogP contribution in [0.1, 0.15) is 62.5 Å². The number of ether oxygens (including phenoxy) is 1. The second-order valence-corrected chi connectivity index (χ2v) is 7.96. The van der Waals surface area contributed by atoms with Crippen molar-refractivity contribution in [3.8, 4) is 0 Å². The van der Waals surface area contributed by atoms with Gasteiger partial charge in [-0.15, -0.1) is 12.4 Å². The predicted molar refractivity (Wildman–Crippen MR) is 113 cm³/mol. The van der Waals surface area contributed by atoms with Gasteiger partial charge in [0.25, 0.3) is 0 Å². The van der Waals surface area contributed by atoms with E-state index in [1.165, 1.54) is 44.1 Å². The maximum Gasteiger partial charge on any atom is 0.230 e. The van der Waals surface area contributed by atoms with Crippen molar-refractivity contribution in [2.45, 2.75) is 69.7 Å². The highest BCUT2D eigenvalue weighted by Gasteiger charge is 2.41. The lowest BCUT2D eigenvalue weighted by Gasteiger charge is -2.36. The molecule has 2 fully saturated rings. The Kier molecular flexibility index (Phi) is 9.07. The average molecular weight is 395 g/mol. The number of carbonyl (C=O) groups excluding carboxylic acids is 1. The van der Waals surface area contributed by atoms with Gasteiger partial charge in [-0.25, -0.2) is 0 Å². The third kappa shape index (κ3) is 5.94. The zero-order valence-corrected chi connectivity index (χ0v) is 17.4. The van der Waals surface area contributed by atoms with E-state index < -0.39 is 5.41 Å². The Morgan fingerprint density at radius 3 is 2.30 bits per heavy atom. The molecule has 0 aromatic heterocycles. The van der Waals surface area contributed by atoms with Crippen LogP contribution in [-0.2, 0) is 14.9 Å². The SMILES string of the molecule is Cc1ccc(C2(C(=O)NCCNC3CCCCCC3)CCOCC2)cc1.Cl. The first-order valence-corrected chi connectivity index (χ1v) is 10.4. The summed E-state index contributed by atoms with van der Waals surface area (Å²) in [7, 11) is 0. The standard InChI is InChI=1S/C22H34N2O2.ClH/c1-18-8-10-19(11-9-18)22(12-16-26-17-13-22)21(25)24-15-14-23-20-6-4-2-3-5-7-20;/h8-11,20,23H,2-7,12-17H2,1H3,(H,24,25);1H. The maximum absolute atomic E-state index is 13.1. The van der Waals surface area contributed by atoms with Crippen LogP contribution in [0.15, 0.2) is 24.3 Å². The van der Waals surface area contributed by atoms with Crippen LogP contribution < -0.4 is 10.6 Å². The lowest BCUT2D eigenvalue weighted by molar-refractivity contribution is -0.130. The lowest BCUT2D eigenvalue weighted by Crippen LogP contribution is -2.49. The van der Waals surface area contributed by atoms with Crippen LogP contribution in [0.3, 0.4) is 0 Å². The Morgan fingerprint density at radius 2 is 1.67 bits per heavy atom. The highest BCUT2D eigenvalue weighted by molar-refractivity contribution is 5.88. The molecule has 1 aliphatic heterocycles. The minimum atomic E-state index is -0.436. The maximum atomic E-state index is 13.1. The summed E-state index contributed by atoms with van der Waals surface area (Å²) in [4.78, 5) is 13.1. The molecule has 0 spiro atoms. The summed E-state index contributed by atoms with van der Waals surface area (Å²) >= 11 is 0. The van der Waals surface area contributed by atoms with Gasteiger partial charge >= 0.3 is 0 Å². The van der Waals surface area contributed by atoms with Crippen molar-refractivity contribution in [2.75, 3.05) is 26.3 Å². The number of amides is 1. The summed E-state index contributed by atoms with van der Waals surface area (Å²) in [5, 5.41) is 6.84. The largest absolute Gasteiger partial charge is 0.381 e. The number of benzene rings is 1. The van der Waals surface area contributed by atoms with Crippen molar-refractivity contribution < 1.29 is 9.53 Å².